The number of methoxy groups -OCH3 is 1. The summed E-state index contributed by atoms with van der Waals surface area (Å²) in [6.45, 7) is 0. The molecule has 3 rings (SSSR count). The van der Waals surface area contributed by atoms with Crippen molar-refractivity contribution in [2.45, 2.75) is 6.10 Å². The number of fused-ring (bicyclic) bond motifs is 1. The van der Waals surface area contributed by atoms with E-state index in [2.05, 4.69) is 9.97 Å². The third-order valence-electron chi connectivity index (χ3n) is 3.02. The van der Waals surface area contributed by atoms with Gasteiger partial charge in [0.05, 0.1) is 17.3 Å². The number of hydrogen-bond donors (Lipinski definition) is 1. The normalized spacial score (nSPS) is 12.6. The lowest BCUT2D eigenvalue weighted by molar-refractivity contribution is 0.221. The third kappa shape index (κ3) is 2.35. The predicted octanol–water partition coefficient (Wildman–Crippen LogP) is 3.44. The number of halogens is 1. The van der Waals surface area contributed by atoms with E-state index in [-0.39, 0.29) is 0 Å². The molecule has 0 fully saturated rings. The Hall–Kier alpha value is -1.69. The van der Waals surface area contributed by atoms with Crippen LogP contribution < -0.4 is 4.74 Å². The lowest BCUT2D eigenvalue weighted by atomic mass is 10.0. The maximum absolute atomic E-state index is 10.6. The molecule has 6 heteroatoms. The predicted molar refractivity (Wildman–Crippen MR) is 79.5 cm³/mol. The van der Waals surface area contributed by atoms with Crippen LogP contribution in [0.1, 0.15) is 17.2 Å². The number of aliphatic hydroxyl groups excluding tert-OH is 1. The van der Waals surface area contributed by atoms with Crippen LogP contribution in [0.15, 0.2) is 36.7 Å². The van der Waals surface area contributed by atoms with Crippen molar-refractivity contribution in [1.82, 2.24) is 9.97 Å². The Balaban J connectivity index is 2.18. The molecule has 1 atom stereocenters. The fourth-order valence-corrected chi connectivity index (χ4v) is 3.14. The number of rotatable bonds is 3. The van der Waals surface area contributed by atoms with Gasteiger partial charge in [-0.25, -0.2) is 4.98 Å². The van der Waals surface area contributed by atoms with E-state index in [4.69, 9.17) is 16.3 Å². The van der Waals surface area contributed by atoms with Crippen LogP contribution in [0.3, 0.4) is 0 Å². The summed E-state index contributed by atoms with van der Waals surface area (Å²) in [6.07, 6.45) is 2.49. The van der Waals surface area contributed by atoms with Crippen LogP contribution in [-0.4, -0.2) is 22.2 Å². The molecule has 0 bridgehead atoms. The summed E-state index contributed by atoms with van der Waals surface area (Å²) in [5.41, 5.74) is 2.12. The van der Waals surface area contributed by atoms with Crippen LogP contribution in [0.25, 0.3) is 10.2 Å². The SMILES string of the molecule is COc1cc(C(O)c2ccncc2)c2nc(Cl)sc2c1. The van der Waals surface area contributed by atoms with Gasteiger partial charge in [0, 0.05) is 18.0 Å². The van der Waals surface area contributed by atoms with Gasteiger partial charge in [-0.15, -0.1) is 11.3 Å². The molecule has 2 aromatic heterocycles. The monoisotopic (exact) mass is 306 g/mol. The fourth-order valence-electron chi connectivity index (χ4n) is 2.05. The molecule has 3 aromatic rings. The molecule has 0 saturated heterocycles. The van der Waals surface area contributed by atoms with Gasteiger partial charge in [-0.1, -0.05) is 11.6 Å². The number of thiazole rings is 1. The minimum absolute atomic E-state index is 0.441. The number of hydrogen-bond acceptors (Lipinski definition) is 5. The second-order valence-corrected chi connectivity index (χ2v) is 5.83. The van der Waals surface area contributed by atoms with E-state index >= 15 is 0 Å². The first-order valence-corrected chi connectivity index (χ1v) is 7.10. The number of aromatic nitrogens is 2. The van der Waals surface area contributed by atoms with E-state index in [0.29, 0.717) is 21.3 Å². The zero-order chi connectivity index (χ0) is 14.1. The van der Waals surface area contributed by atoms with E-state index in [0.717, 1.165) is 10.3 Å². The molecule has 0 aliphatic carbocycles. The molecular formula is C14H11ClN2O2S. The molecule has 0 aliphatic rings. The minimum atomic E-state index is -0.797. The van der Waals surface area contributed by atoms with Gasteiger partial charge < -0.3 is 9.84 Å². The number of nitrogens with zero attached hydrogens (tertiary/aromatic N) is 2. The molecular weight excluding hydrogens is 296 g/mol. The molecule has 0 saturated carbocycles. The first-order valence-electron chi connectivity index (χ1n) is 5.91. The van der Waals surface area contributed by atoms with Gasteiger partial charge >= 0.3 is 0 Å². The van der Waals surface area contributed by atoms with Gasteiger partial charge in [-0.3, -0.25) is 4.98 Å². The van der Waals surface area contributed by atoms with Crippen LogP contribution in [0, 0.1) is 0 Å². The van der Waals surface area contributed by atoms with Crippen LogP contribution in [-0.2, 0) is 0 Å². The molecule has 102 valence electrons. The van der Waals surface area contributed by atoms with Crippen molar-refractivity contribution in [2.24, 2.45) is 0 Å². The Morgan fingerprint density at radius 3 is 2.75 bits per heavy atom. The summed E-state index contributed by atoms with van der Waals surface area (Å²) in [5, 5.41) is 10.6. The van der Waals surface area contributed by atoms with Crippen molar-refractivity contribution in [1.29, 1.82) is 0 Å². The molecule has 0 radical (unpaired) electrons. The molecule has 20 heavy (non-hydrogen) atoms. The van der Waals surface area contributed by atoms with E-state index < -0.39 is 6.10 Å². The molecule has 0 aliphatic heterocycles. The average molecular weight is 307 g/mol. The summed E-state index contributed by atoms with van der Waals surface area (Å²) < 4.78 is 6.60. The smallest absolute Gasteiger partial charge is 0.184 e. The second kappa shape index (κ2) is 5.36. The molecule has 1 aromatic carbocycles. The Morgan fingerprint density at radius 2 is 2.05 bits per heavy atom. The topological polar surface area (TPSA) is 55.2 Å². The molecule has 4 nitrogen and oxygen atoms in total. The van der Waals surface area contributed by atoms with Crippen molar-refractivity contribution < 1.29 is 9.84 Å². The van der Waals surface area contributed by atoms with Crippen molar-refractivity contribution in [3.05, 3.63) is 52.3 Å². The molecule has 0 amide bonds. The third-order valence-corrected chi connectivity index (χ3v) is 4.13. The van der Waals surface area contributed by atoms with Crippen molar-refractivity contribution >= 4 is 33.2 Å². The number of aliphatic hydroxyl groups is 1. The second-order valence-electron chi connectivity index (χ2n) is 4.21. The molecule has 1 N–H and O–H groups in total. The number of ether oxygens (including phenoxy) is 1. The van der Waals surface area contributed by atoms with Gasteiger partial charge in [0.2, 0.25) is 0 Å². The van der Waals surface area contributed by atoms with Crippen LogP contribution in [0.2, 0.25) is 4.47 Å². The number of benzene rings is 1. The van der Waals surface area contributed by atoms with Crippen LogP contribution in [0.4, 0.5) is 0 Å². The zero-order valence-corrected chi connectivity index (χ0v) is 12.1. The first-order chi connectivity index (χ1) is 9.69. The summed E-state index contributed by atoms with van der Waals surface area (Å²) in [7, 11) is 1.59. The van der Waals surface area contributed by atoms with Gasteiger partial charge in [-0.2, -0.15) is 0 Å². The van der Waals surface area contributed by atoms with Gasteiger partial charge in [0.15, 0.2) is 4.47 Å². The maximum Gasteiger partial charge on any atom is 0.184 e. The Morgan fingerprint density at radius 1 is 1.30 bits per heavy atom. The highest BCUT2D eigenvalue weighted by molar-refractivity contribution is 7.22. The van der Waals surface area contributed by atoms with E-state index in [1.54, 1.807) is 37.7 Å². The first kappa shape index (κ1) is 13.3. The summed E-state index contributed by atoms with van der Waals surface area (Å²) in [5.74, 6) is 0.668. The Bertz CT molecular complexity index is 746. The highest BCUT2D eigenvalue weighted by Crippen LogP contribution is 2.36. The summed E-state index contributed by atoms with van der Waals surface area (Å²) >= 11 is 7.34. The van der Waals surface area contributed by atoms with Crippen molar-refractivity contribution in [2.75, 3.05) is 7.11 Å². The average Bonchev–Trinajstić information content (AvgIpc) is 2.86. The summed E-state index contributed by atoms with van der Waals surface area (Å²) in [6, 6.07) is 7.18. The van der Waals surface area contributed by atoms with Gasteiger partial charge in [0.25, 0.3) is 0 Å². The lowest BCUT2D eigenvalue weighted by Gasteiger charge is -2.13. The highest BCUT2D eigenvalue weighted by atomic mass is 35.5. The molecule has 2 heterocycles. The van der Waals surface area contributed by atoms with E-state index in [1.165, 1.54) is 11.3 Å². The van der Waals surface area contributed by atoms with E-state index in [1.807, 2.05) is 6.07 Å². The summed E-state index contributed by atoms with van der Waals surface area (Å²) in [4.78, 5) is 8.24. The maximum atomic E-state index is 10.6. The molecule has 1 unspecified atom stereocenters. The van der Waals surface area contributed by atoms with Crippen LogP contribution >= 0.6 is 22.9 Å². The van der Waals surface area contributed by atoms with E-state index in [9.17, 15) is 5.11 Å². The fraction of sp³-hybridized carbons (Fsp3) is 0.143. The van der Waals surface area contributed by atoms with Crippen molar-refractivity contribution in [3.8, 4) is 5.75 Å². The Labute approximate surface area is 124 Å². The van der Waals surface area contributed by atoms with Gasteiger partial charge in [-0.05, 0) is 29.8 Å². The standard InChI is InChI=1S/C14H11ClN2O2S/c1-19-9-6-10(12-11(7-9)20-14(15)17-12)13(18)8-2-4-16-5-3-8/h2-7,13,18H,1H3. The Kier molecular flexibility index (Phi) is 3.56. The van der Waals surface area contributed by atoms with Gasteiger partial charge in [0.1, 0.15) is 11.9 Å². The zero-order valence-electron chi connectivity index (χ0n) is 10.6. The number of pyridine rings is 1. The van der Waals surface area contributed by atoms with Crippen molar-refractivity contribution in [3.63, 3.8) is 0 Å². The lowest BCUT2D eigenvalue weighted by Crippen LogP contribution is -2.01. The van der Waals surface area contributed by atoms with Crippen LogP contribution in [0.5, 0.6) is 5.75 Å². The molecule has 0 spiro atoms. The largest absolute Gasteiger partial charge is 0.497 e. The minimum Gasteiger partial charge on any atom is -0.497 e. The highest BCUT2D eigenvalue weighted by Gasteiger charge is 2.18. The quantitative estimate of drug-likeness (QED) is 0.805.